The van der Waals surface area contributed by atoms with Crippen LogP contribution in [0.3, 0.4) is 0 Å². The summed E-state index contributed by atoms with van der Waals surface area (Å²) in [5.74, 6) is 0.579. The highest BCUT2D eigenvalue weighted by Gasteiger charge is 2.07. The molecule has 0 spiro atoms. The fourth-order valence-corrected chi connectivity index (χ4v) is 1.08. The summed E-state index contributed by atoms with van der Waals surface area (Å²) in [4.78, 5) is 15.0. The first-order valence-electron chi connectivity index (χ1n) is 4.80. The van der Waals surface area contributed by atoms with Crippen LogP contribution < -0.4 is 16.8 Å². The molecule has 0 aliphatic carbocycles. The number of nitrogens with two attached hydrogens (primary N) is 2. The lowest BCUT2D eigenvalue weighted by molar-refractivity contribution is 0.100. The van der Waals surface area contributed by atoms with E-state index in [1.165, 1.54) is 6.20 Å². The number of pyridine rings is 1. The fourth-order valence-electron chi connectivity index (χ4n) is 1.08. The van der Waals surface area contributed by atoms with Crippen molar-refractivity contribution in [1.29, 1.82) is 0 Å². The van der Waals surface area contributed by atoms with Gasteiger partial charge < -0.3 is 16.8 Å². The van der Waals surface area contributed by atoms with E-state index in [0.29, 0.717) is 23.0 Å². The van der Waals surface area contributed by atoms with Crippen molar-refractivity contribution in [2.24, 2.45) is 11.7 Å². The molecule has 0 saturated carbocycles. The van der Waals surface area contributed by atoms with Gasteiger partial charge >= 0.3 is 0 Å². The number of nitrogens with zero attached hydrogens (tertiary/aromatic N) is 1. The number of carbonyl (C=O) groups is 1. The van der Waals surface area contributed by atoms with Gasteiger partial charge in [-0.25, -0.2) is 4.98 Å². The van der Waals surface area contributed by atoms with Gasteiger partial charge in [0, 0.05) is 6.54 Å². The molecular weight excluding hydrogens is 192 g/mol. The SMILES string of the molecule is CC(C)CNc1cc(C(N)=O)c(N)cn1. The molecule has 5 heteroatoms. The largest absolute Gasteiger partial charge is 0.397 e. The van der Waals surface area contributed by atoms with Crippen LogP contribution in [0.5, 0.6) is 0 Å². The topological polar surface area (TPSA) is 94.0 Å². The van der Waals surface area contributed by atoms with Gasteiger partial charge in [-0.3, -0.25) is 4.79 Å². The summed E-state index contributed by atoms with van der Waals surface area (Å²) >= 11 is 0. The van der Waals surface area contributed by atoms with Crippen molar-refractivity contribution in [3.8, 4) is 0 Å². The molecule has 0 atom stereocenters. The van der Waals surface area contributed by atoms with Gasteiger partial charge in [0.1, 0.15) is 5.82 Å². The van der Waals surface area contributed by atoms with Crippen LogP contribution in [0.4, 0.5) is 11.5 Å². The third-order valence-corrected chi connectivity index (χ3v) is 1.89. The molecule has 82 valence electrons. The molecule has 1 aromatic heterocycles. The quantitative estimate of drug-likeness (QED) is 0.683. The van der Waals surface area contributed by atoms with Gasteiger partial charge in [-0.1, -0.05) is 13.8 Å². The number of hydrogen-bond donors (Lipinski definition) is 3. The number of amides is 1. The number of rotatable bonds is 4. The van der Waals surface area contributed by atoms with Crippen LogP contribution in [-0.2, 0) is 0 Å². The molecule has 1 heterocycles. The molecule has 0 unspecified atom stereocenters. The molecule has 0 aliphatic heterocycles. The smallest absolute Gasteiger partial charge is 0.250 e. The maximum absolute atomic E-state index is 11.0. The number of aromatic nitrogens is 1. The van der Waals surface area contributed by atoms with E-state index in [4.69, 9.17) is 11.5 Å². The highest BCUT2D eigenvalue weighted by molar-refractivity contribution is 5.98. The second-order valence-electron chi connectivity index (χ2n) is 3.80. The molecule has 5 nitrogen and oxygen atoms in total. The minimum absolute atomic E-state index is 0.302. The summed E-state index contributed by atoms with van der Waals surface area (Å²) in [6.07, 6.45) is 1.43. The van der Waals surface area contributed by atoms with Crippen molar-refractivity contribution in [2.75, 3.05) is 17.6 Å². The van der Waals surface area contributed by atoms with Crippen molar-refractivity contribution in [2.45, 2.75) is 13.8 Å². The summed E-state index contributed by atoms with van der Waals surface area (Å²) in [6.45, 7) is 4.95. The number of hydrogen-bond acceptors (Lipinski definition) is 4. The number of primary amides is 1. The Kier molecular flexibility index (Phi) is 3.49. The number of nitrogen functional groups attached to an aromatic ring is 1. The zero-order chi connectivity index (χ0) is 11.4. The Morgan fingerprint density at radius 2 is 2.27 bits per heavy atom. The lowest BCUT2D eigenvalue weighted by Gasteiger charge is -2.09. The van der Waals surface area contributed by atoms with E-state index in [9.17, 15) is 4.79 Å². The van der Waals surface area contributed by atoms with Crippen LogP contribution >= 0.6 is 0 Å². The average Bonchev–Trinajstić information content (AvgIpc) is 2.16. The molecular formula is C10H16N4O. The van der Waals surface area contributed by atoms with E-state index >= 15 is 0 Å². The summed E-state index contributed by atoms with van der Waals surface area (Å²) < 4.78 is 0. The van der Waals surface area contributed by atoms with Gasteiger partial charge in [0.25, 0.3) is 5.91 Å². The van der Waals surface area contributed by atoms with E-state index in [2.05, 4.69) is 24.1 Å². The molecule has 0 aliphatic rings. The first-order chi connectivity index (χ1) is 7.00. The Hall–Kier alpha value is -1.78. The maximum atomic E-state index is 11.0. The van der Waals surface area contributed by atoms with Gasteiger partial charge in [0.15, 0.2) is 0 Å². The number of nitrogens with one attached hydrogen (secondary N) is 1. The first-order valence-corrected chi connectivity index (χ1v) is 4.80. The standard InChI is InChI=1S/C10H16N4O/c1-6(2)4-13-9-3-7(10(12)15)8(11)5-14-9/h3,5-6H,4,11H2,1-2H3,(H2,12,15)(H,13,14). The van der Waals surface area contributed by atoms with Gasteiger partial charge in [-0.05, 0) is 12.0 Å². The Morgan fingerprint density at radius 1 is 1.60 bits per heavy atom. The highest BCUT2D eigenvalue weighted by atomic mass is 16.1. The molecule has 1 aromatic rings. The minimum Gasteiger partial charge on any atom is -0.397 e. The van der Waals surface area contributed by atoms with Crippen LogP contribution in [0.2, 0.25) is 0 Å². The van der Waals surface area contributed by atoms with Crippen LogP contribution in [-0.4, -0.2) is 17.4 Å². The monoisotopic (exact) mass is 208 g/mol. The van der Waals surface area contributed by atoms with Crippen molar-refractivity contribution >= 4 is 17.4 Å². The van der Waals surface area contributed by atoms with Crippen molar-refractivity contribution in [3.05, 3.63) is 17.8 Å². The van der Waals surface area contributed by atoms with Crippen LogP contribution in [0, 0.1) is 5.92 Å². The van der Waals surface area contributed by atoms with Crippen molar-refractivity contribution < 1.29 is 4.79 Å². The normalized spacial score (nSPS) is 10.3. The minimum atomic E-state index is -0.539. The van der Waals surface area contributed by atoms with Crippen LogP contribution in [0.25, 0.3) is 0 Å². The van der Waals surface area contributed by atoms with Crippen molar-refractivity contribution in [3.63, 3.8) is 0 Å². The maximum Gasteiger partial charge on any atom is 0.250 e. The molecule has 0 aromatic carbocycles. The third kappa shape index (κ3) is 3.12. The molecule has 1 amide bonds. The van der Waals surface area contributed by atoms with Crippen LogP contribution in [0.1, 0.15) is 24.2 Å². The predicted molar refractivity (Wildman–Crippen MR) is 60.5 cm³/mol. The molecule has 0 fully saturated rings. The summed E-state index contributed by atoms with van der Waals surface area (Å²) in [6, 6.07) is 1.57. The van der Waals surface area contributed by atoms with Gasteiger partial charge in [0.05, 0.1) is 17.4 Å². The highest BCUT2D eigenvalue weighted by Crippen LogP contribution is 2.14. The Balaban J connectivity index is 2.83. The van der Waals surface area contributed by atoms with E-state index in [1.54, 1.807) is 6.07 Å². The molecule has 0 saturated heterocycles. The zero-order valence-corrected chi connectivity index (χ0v) is 8.95. The van der Waals surface area contributed by atoms with E-state index in [0.717, 1.165) is 6.54 Å². The third-order valence-electron chi connectivity index (χ3n) is 1.89. The predicted octanol–water partition coefficient (Wildman–Crippen LogP) is 0.831. The molecule has 15 heavy (non-hydrogen) atoms. The molecule has 0 radical (unpaired) electrons. The van der Waals surface area contributed by atoms with Gasteiger partial charge in [-0.2, -0.15) is 0 Å². The second kappa shape index (κ2) is 4.63. The molecule has 0 bridgehead atoms. The number of anilines is 2. The summed E-state index contributed by atoms with van der Waals surface area (Å²) in [5.41, 5.74) is 11.3. The molecule has 5 N–H and O–H groups in total. The summed E-state index contributed by atoms with van der Waals surface area (Å²) in [5, 5.41) is 3.09. The molecule has 1 rings (SSSR count). The lowest BCUT2D eigenvalue weighted by Crippen LogP contribution is -2.15. The van der Waals surface area contributed by atoms with E-state index in [1.807, 2.05) is 0 Å². The van der Waals surface area contributed by atoms with E-state index < -0.39 is 5.91 Å². The Morgan fingerprint density at radius 3 is 2.80 bits per heavy atom. The Bertz CT molecular complexity index is 362. The van der Waals surface area contributed by atoms with Gasteiger partial charge in [0.2, 0.25) is 0 Å². The number of carbonyl (C=O) groups excluding carboxylic acids is 1. The Labute approximate surface area is 88.9 Å². The van der Waals surface area contributed by atoms with Crippen molar-refractivity contribution in [1.82, 2.24) is 4.98 Å². The van der Waals surface area contributed by atoms with E-state index in [-0.39, 0.29) is 0 Å². The second-order valence-corrected chi connectivity index (χ2v) is 3.80. The van der Waals surface area contributed by atoms with Crippen LogP contribution in [0.15, 0.2) is 12.3 Å². The zero-order valence-electron chi connectivity index (χ0n) is 8.95. The fraction of sp³-hybridized carbons (Fsp3) is 0.400. The summed E-state index contributed by atoms with van der Waals surface area (Å²) in [7, 11) is 0. The van der Waals surface area contributed by atoms with Gasteiger partial charge in [-0.15, -0.1) is 0 Å². The first kappa shape index (κ1) is 11.3. The average molecular weight is 208 g/mol. The lowest BCUT2D eigenvalue weighted by atomic mass is 10.2.